The normalized spacial score (nSPS) is 12.3. The first kappa shape index (κ1) is 21.0. The van der Waals surface area contributed by atoms with Crippen LogP contribution in [0.4, 0.5) is 26.2 Å². The number of aliphatic hydroxyl groups is 1. The van der Waals surface area contributed by atoms with Gasteiger partial charge in [-0.1, -0.05) is 30.0 Å². The fraction of sp³-hybridized carbons (Fsp3) is 0.190. The van der Waals surface area contributed by atoms with Gasteiger partial charge in [0, 0.05) is 17.1 Å². The summed E-state index contributed by atoms with van der Waals surface area (Å²) in [6.07, 6.45) is 1.10. The molecular formula is C21H20F2N6OS. The molecule has 10 heteroatoms. The molecule has 0 aliphatic heterocycles. The topological polar surface area (TPSA) is 87.9 Å². The van der Waals surface area contributed by atoms with Crippen LogP contribution < -0.4 is 10.6 Å². The molecule has 0 spiro atoms. The molecular weight excluding hydrogens is 422 g/mol. The van der Waals surface area contributed by atoms with Crippen LogP contribution in [0.5, 0.6) is 0 Å². The molecule has 0 amide bonds. The number of thioether (sulfide) groups is 1. The Morgan fingerprint density at radius 2 is 1.81 bits per heavy atom. The van der Waals surface area contributed by atoms with Gasteiger partial charge in [-0.3, -0.25) is 0 Å². The first-order valence-corrected chi connectivity index (χ1v) is 10.4. The van der Waals surface area contributed by atoms with E-state index in [-0.39, 0.29) is 6.54 Å². The number of para-hydroxylation sites is 1. The molecule has 0 aliphatic rings. The molecule has 1 atom stereocenters. The van der Waals surface area contributed by atoms with Crippen molar-refractivity contribution in [3.63, 3.8) is 0 Å². The van der Waals surface area contributed by atoms with Crippen molar-refractivity contribution in [2.45, 2.75) is 23.7 Å². The van der Waals surface area contributed by atoms with Gasteiger partial charge >= 0.3 is 0 Å². The van der Waals surface area contributed by atoms with Crippen LogP contribution in [0, 0.1) is 0 Å². The van der Waals surface area contributed by atoms with Gasteiger partial charge in [-0.2, -0.15) is 23.8 Å². The Bertz CT molecular complexity index is 1150. The van der Waals surface area contributed by atoms with Gasteiger partial charge in [0.25, 0.3) is 5.76 Å². The number of rotatable bonds is 8. The number of anilines is 3. The van der Waals surface area contributed by atoms with Crippen molar-refractivity contribution >= 4 is 40.2 Å². The molecule has 160 valence electrons. The fourth-order valence-electron chi connectivity index (χ4n) is 2.94. The molecule has 2 heterocycles. The highest BCUT2D eigenvalue weighted by atomic mass is 32.2. The highest BCUT2D eigenvalue weighted by Gasteiger charge is 2.15. The summed E-state index contributed by atoms with van der Waals surface area (Å²) in [5.41, 5.74) is 2.12. The molecule has 0 aliphatic carbocycles. The number of fused-ring (bicyclic) bond motifs is 1. The number of benzene rings is 2. The molecule has 0 unspecified atom stereocenters. The van der Waals surface area contributed by atoms with Crippen LogP contribution in [0.2, 0.25) is 0 Å². The van der Waals surface area contributed by atoms with Gasteiger partial charge < -0.3 is 15.7 Å². The van der Waals surface area contributed by atoms with Crippen molar-refractivity contribution in [1.29, 1.82) is 0 Å². The number of aromatic nitrogens is 4. The Labute approximate surface area is 181 Å². The van der Waals surface area contributed by atoms with E-state index in [4.69, 9.17) is 0 Å². The Balaban J connectivity index is 1.71. The van der Waals surface area contributed by atoms with Gasteiger partial charge in [0.15, 0.2) is 5.65 Å². The molecule has 0 saturated carbocycles. The Morgan fingerprint density at radius 1 is 1.06 bits per heavy atom. The zero-order chi connectivity index (χ0) is 21.8. The Kier molecular flexibility index (Phi) is 6.28. The lowest BCUT2D eigenvalue weighted by Gasteiger charge is -2.12. The Morgan fingerprint density at radius 3 is 2.48 bits per heavy atom. The number of alkyl halides is 2. The first-order valence-electron chi connectivity index (χ1n) is 9.54. The Hall–Kier alpha value is -3.24. The maximum absolute atomic E-state index is 12.6. The second-order valence-corrected chi connectivity index (χ2v) is 7.85. The third kappa shape index (κ3) is 5.09. The molecule has 4 rings (SSSR count). The number of hydrogen-bond donors (Lipinski definition) is 3. The summed E-state index contributed by atoms with van der Waals surface area (Å²) in [7, 11) is 0. The van der Waals surface area contributed by atoms with Crippen molar-refractivity contribution < 1.29 is 13.9 Å². The highest BCUT2D eigenvalue weighted by Crippen LogP contribution is 2.29. The second-order valence-electron chi connectivity index (χ2n) is 6.78. The summed E-state index contributed by atoms with van der Waals surface area (Å²) in [5.74, 6) is -1.63. The second kappa shape index (κ2) is 9.27. The number of nitrogens with zero attached hydrogens (tertiary/aromatic N) is 4. The molecule has 4 aromatic rings. The summed E-state index contributed by atoms with van der Waals surface area (Å²) in [6, 6.07) is 16.3. The van der Waals surface area contributed by atoms with Crippen molar-refractivity contribution in [2.24, 2.45) is 0 Å². The van der Waals surface area contributed by atoms with Crippen LogP contribution in [0.3, 0.4) is 0 Å². The van der Waals surface area contributed by atoms with E-state index >= 15 is 0 Å². The average molecular weight is 442 g/mol. The van der Waals surface area contributed by atoms with Crippen molar-refractivity contribution in [3.05, 3.63) is 60.8 Å². The number of nitrogens with one attached hydrogen (secondary N) is 2. The molecule has 0 fully saturated rings. The largest absolute Gasteiger partial charge is 0.392 e. The van der Waals surface area contributed by atoms with E-state index in [1.54, 1.807) is 42.1 Å². The van der Waals surface area contributed by atoms with Gasteiger partial charge in [-0.05, 0) is 43.3 Å². The van der Waals surface area contributed by atoms with E-state index in [2.05, 4.69) is 25.7 Å². The molecule has 0 saturated heterocycles. The lowest BCUT2D eigenvalue weighted by molar-refractivity contribution is 0.208. The summed E-state index contributed by atoms with van der Waals surface area (Å²) < 4.78 is 26.8. The molecule has 31 heavy (non-hydrogen) atoms. The molecule has 2 aromatic heterocycles. The van der Waals surface area contributed by atoms with Crippen molar-refractivity contribution in [1.82, 2.24) is 19.7 Å². The van der Waals surface area contributed by atoms with E-state index in [1.165, 1.54) is 0 Å². The highest BCUT2D eigenvalue weighted by molar-refractivity contribution is 7.99. The predicted molar refractivity (Wildman–Crippen MR) is 118 cm³/mol. The fourth-order valence-corrected chi connectivity index (χ4v) is 3.43. The van der Waals surface area contributed by atoms with E-state index in [0.717, 1.165) is 5.69 Å². The summed E-state index contributed by atoms with van der Waals surface area (Å²) in [4.78, 5) is 9.57. The van der Waals surface area contributed by atoms with Crippen molar-refractivity contribution in [3.8, 4) is 5.69 Å². The molecule has 0 bridgehead atoms. The monoisotopic (exact) mass is 442 g/mol. The van der Waals surface area contributed by atoms with Crippen LogP contribution >= 0.6 is 11.8 Å². The minimum Gasteiger partial charge on any atom is -0.392 e. The lowest BCUT2D eigenvalue weighted by atomic mass is 10.3. The van der Waals surface area contributed by atoms with Crippen LogP contribution in [0.15, 0.2) is 65.7 Å². The average Bonchev–Trinajstić information content (AvgIpc) is 3.18. The van der Waals surface area contributed by atoms with E-state index in [0.29, 0.717) is 45.1 Å². The van der Waals surface area contributed by atoms with E-state index < -0.39 is 11.9 Å². The van der Waals surface area contributed by atoms with Gasteiger partial charge in [-0.25, -0.2) is 4.68 Å². The lowest BCUT2D eigenvalue weighted by Crippen LogP contribution is -2.17. The smallest absolute Gasteiger partial charge is 0.288 e. The van der Waals surface area contributed by atoms with Gasteiger partial charge in [0.05, 0.1) is 23.4 Å². The SMILES string of the molecule is C[C@@H](O)CNc1nc(Nc2ccc(SC(F)F)cc2)c2cnn(-c3ccccc3)c2n1. The van der Waals surface area contributed by atoms with Gasteiger partial charge in [-0.15, -0.1) is 0 Å². The zero-order valence-corrected chi connectivity index (χ0v) is 17.4. The quantitative estimate of drug-likeness (QED) is 0.342. The maximum Gasteiger partial charge on any atom is 0.288 e. The third-order valence-electron chi connectivity index (χ3n) is 4.33. The van der Waals surface area contributed by atoms with Gasteiger partial charge in [0.2, 0.25) is 5.95 Å². The molecule has 3 N–H and O–H groups in total. The van der Waals surface area contributed by atoms with Gasteiger partial charge in [0.1, 0.15) is 5.82 Å². The maximum atomic E-state index is 12.6. The first-order chi connectivity index (χ1) is 15.0. The standard InChI is InChI=1S/C21H20F2N6OS/c1-13(30)11-24-21-27-18(26-14-7-9-16(10-8-14)31-20(22)23)17-12-25-29(19(17)28-21)15-5-3-2-4-6-15/h2-10,12-13,20,30H,11H2,1H3,(H2,24,26,27,28)/t13-/m1/s1. The summed E-state index contributed by atoms with van der Waals surface area (Å²) >= 11 is 0.495. The van der Waals surface area contributed by atoms with Crippen LogP contribution in [-0.2, 0) is 0 Å². The minimum atomic E-state index is -2.47. The van der Waals surface area contributed by atoms with E-state index in [9.17, 15) is 13.9 Å². The molecule has 0 radical (unpaired) electrons. The zero-order valence-electron chi connectivity index (χ0n) is 16.5. The van der Waals surface area contributed by atoms with E-state index in [1.807, 2.05) is 30.3 Å². The minimum absolute atomic E-state index is 0.282. The third-order valence-corrected chi connectivity index (χ3v) is 5.05. The molecule has 2 aromatic carbocycles. The van der Waals surface area contributed by atoms with Crippen molar-refractivity contribution in [2.75, 3.05) is 17.2 Å². The number of aliphatic hydroxyl groups excluding tert-OH is 1. The van der Waals surface area contributed by atoms with Crippen LogP contribution in [0.1, 0.15) is 6.92 Å². The van der Waals surface area contributed by atoms with Crippen LogP contribution in [0.25, 0.3) is 16.7 Å². The van der Waals surface area contributed by atoms with Crippen LogP contribution in [-0.4, -0.2) is 43.3 Å². The summed E-state index contributed by atoms with van der Waals surface area (Å²) in [6.45, 7) is 1.95. The molecule has 7 nitrogen and oxygen atoms in total. The number of halogens is 2. The summed E-state index contributed by atoms with van der Waals surface area (Å²) in [5, 5.41) is 21.0. The number of hydrogen-bond acceptors (Lipinski definition) is 7. The predicted octanol–water partition coefficient (Wildman–Crippen LogP) is 4.67.